The summed E-state index contributed by atoms with van der Waals surface area (Å²) in [7, 11) is 0. The molecule has 0 aliphatic carbocycles. The highest BCUT2D eigenvalue weighted by Crippen LogP contribution is 2.19. The van der Waals surface area contributed by atoms with E-state index in [9.17, 15) is 14.9 Å². The van der Waals surface area contributed by atoms with E-state index in [-0.39, 0.29) is 17.4 Å². The van der Waals surface area contributed by atoms with Crippen LogP contribution in [0.1, 0.15) is 30.6 Å². The molecule has 0 aromatic heterocycles. The average molecular weight is 314 g/mol. The molecular weight excluding hydrogens is 296 g/mol. The molecule has 0 saturated carbocycles. The summed E-state index contributed by atoms with van der Waals surface area (Å²) in [6.07, 6.45) is 1.03. The number of anilines is 1. The van der Waals surface area contributed by atoms with Crippen molar-refractivity contribution >= 4 is 17.3 Å². The van der Waals surface area contributed by atoms with E-state index in [4.69, 9.17) is 4.74 Å². The van der Waals surface area contributed by atoms with Gasteiger partial charge in [-0.3, -0.25) is 14.9 Å². The first-order valence-electron chi connectivity index (χ1n) is 7.32. The van der Waals surface area contributed by atoms with Crippen molar-refractivity contribution in [3.8, 4) is 5.75 Å². The number of hydrogen-bond donors (Lipinski definition) is 1. The topological polar surface area (TPSA) is 81.5 Å². The zero-order chi connectivity index (χ0) is 16.8. The first kappa shape index (κ1) is 16.5. The summed E-state index contributed by atoms with van der Waals surface area (Å²) in [6.45, 7) is 4.02. The fourth-order valence-corrected chi connectivity index (χ4v) is 1.90. The van der Waals surface area contributed by atoms with E-state index >= 15 is 0 Å². The highest BCUT2D eigenvalue weighted by Gasteiger charge is 2.11. The van der Waals surface area contributed by atoms with Gasteiger partial charge in [0.15, 0.2) is 0 Å². The van der Waals surface area contributed by atoms with Crippen molar-refractivity contribution in [2.45, 2.75) is 26.4 Å². The van der Waals surface area contributed by atoms with Crippen LogP contribution in [0.5, 0.6) is 5.75 Å². The Morgan fingerprint density at radius 2 is 1.96 bits per heavy atom. The lowest BCUT2D eigenvalue weighted by Crippen LogP contribution is -2.12. The van der Waals surface area contributed by atoms with Crippen LogP contribution in [0.25, 0.3) is 0 Å². The van der Waals surface area contributed by atoms with Crippen LogP contribution in [0.3, 0.4) is 0 Å². The second-order valence-corrected chi connectivity index (χ2v) is 5.12. The highest BCUT2D eigenvalue weighted by atomic mass is 16.6. The Morgan fingerprint density at radius 3 is 2.57 bits per heavy atom. The Kier molecular flexibility index (Phi) is 5.30. The molecule has 23 heavy (non-hydrogen) atoms. The molecule has 0 radical (unpaired) electrons. The Balaban J connectivity index is 2.05. The minimum absolute atomic E-state index is 0.116. The monoisotopic (exact) mass is 314 g/mol. The first-order chi connectivity index (χ1) is 11.0. The second kappa shape index (κ2) is 7.40. The minimum Gasteiger partial charge on any atom is -0.491 e. The summed E-state index contributed by atoms with van der Waals surface area (Å²) >= 11 is 0. The number of non-ortho nitro benzene ring substituents is 1. The SMILES string of the molecule is CCC(C)Oc1ccc(NC(=O)c2cccc([N+](=O)[O-])c2)cc1. The number of carbonyl (C=O) groups excluding carboxylic acids is 1. The van der Waals surface area contributed by atoms with Crippen LogP contribution in [0.15, 0.2) is 48.5 Å². The number of amides is 1. The molecule has 1 unspecified atom stereocenters. The van der Waals surface area contributed by atoms with E-state index in [1.54, 1.807) is 24.3 Å². The number of benzene rings is 2. The zero-order valence-electron chi connectivity index (χ0n) is 13.0. The molecule has 120 valence electrons. The van der Waals surface area contributed by atoms with Crippen molar-refractivity contribution in [2.24, 2.45) is 0 Å². The molecule has 0 saturated heterocycles. The molecule has 6 heteroatoms. The molecule has 0 heterocycles. The number of hydrogen-bond acceptors (Lipinski definition) is 4. The summed E-state index contributed by atoms with van der Waals surface area (Å²) in [4.78, 5) is 22.3. The molecule has 2 aromatic carbocycles. The standard InChI is InChI=1S/C17H18N2O4/c1-3-12(2)23-16-9-7-14(8-10-16)18-17(20)13-5-4-6-15(11-13)19(21)22/h4-12H,3H2,1-2H3,(H,18,20). The quantitative estimate of drug-likeness (QED) is 0.645. The Bertz CT molecular complexity index is 698. The maximum Gasteiger partial charge on any atom is 0.270 e. The third-order valence-electron chi connectivity index (χ3n) is 3.34. The number of ether oxygens (including phenoxy) is 1. The lowest BCUT2D eigenvalue weighted by atomic mass is 10.2. The van der Waals surface area contributed by atoms with Gasteiger partial charge in [-0.1, -0.05) is 13.0 Å². The predicted octanol–water partition coefficient (Wildman–Crippen LogP) is 4.02. The molecule has 0 aliphatic rings. The average Bonchev–Trinajstić information content (AvgIpc) is 2.56. The van der Waals surface area contributed by atoms with Crippen LogP contribution < -0.4 is 10.1 Å². The Morgan fingerprint density at radius 1 is 1.26 bits per heavy atom. The third kappa shape index (κ3) is 4.54. The van der Waals surface area contributed by atoms with Gasteiger partial charge in [-0.2, -0.15) is 0 Å². The lowest BCUT2D eigenvalue weighted by Gasteiger charge is -2.13. The van der Waals surface area contributed by atoms with Crippen molar-refractivity contribution in [3.05, 3.63) is 64.2 Å². The van der Waals surface area contributed by atoms with E-state index in [2.05, 4.69) is 5.32 Å². The van der Waals surface area contributed by atoms with Crippen molar-refractivity contribution < 1.29 is 14.5 Å². The van der Waals surface area contributed by atoms with Crippen LogP contribution in [0.4, 0.5) is 11.4 Å². The Labute approximate surface area is 134 Å². The maximum atomic E-state index is 12.1. The minimum atomic E-state index is -0.530. The summed E-state index contributed by atoms with van der Waals surface area (Å²) in [5.74, 6) is 0.331. The molecule has 0 aliphatic heterocycles. The molecule has 6 nitrogen and oxygen atoms in total. The first-order valence-corrected chi connectivity index (χ1v) is 7.32. The normalized spacial score (nSPS) is 11.6. The van der Waals surface area contributed by atoms with Gasteiger partial charge in [-0.15, -0.1) is 0 Å². The van der Waals surface area contributed by atoms with E-state index < -0.39 is 10.8 Å². The van der Waals surface area contributed by atoms with E-state index in [1.165, 1.54) is 24.3 Å². The molecule has 1 N–H and O–H groups in total. The predicted molar refractivity (Wildman–Crippen MR) is 87.9 cm³/mol. The fourth-order valence-electron chi connectivity index (χ4n) is 1.90. The summed E-state index contributed by atoms with van der Waals surface area (Å²) in [5, 5.41) is 13.4. The van der Waals surface area contributed by atoms with Crippen LogP contribution >= 0.6 is 0 Å². The van der Waals surface area contributed by atoms with E-state index in [0.29, 0.717) is 5.69 Å². The molecule has 1 amide bonds. The smallest absolute Gasteiger partial charge is 0.270 e. The van der Waals surface area contributed by atoms with Crippen molar-refractivity contribution in [2.75, 3.05) is 5.32 Å². The molecule has 0 fully saturated rings. The molecule has 2 aromatic rings. The Hall–Kier alpha value is -2.89. The fraction of sp³-hybridized carbons (Fsp3) is 0.235. The summed E-state index contributed by atoms with van der Waals surface area (Å²) in [6, 6.07) is 12.6. The number of rotatable bonds is 6. The van der Waals surface area contributed by atoms with Crippen LogP contribution in [0.2, 0.25) is 0 Å². The highest BCUT2D eigenvalue weighted by molar-refractivity contribution is 6.04. The molecule has 1 atom stereocenters. The van der Waals surface area contributed by atoms with Crippen molar-refractivity contribution in [3.63, 3.8) is 0 Å². The van der Waals surface area contributed by atoms with Crippen molar-refractivity contribution in [1.29, 1.82) is 0 Å². The van der Waals surface area contributed by atoms with Gasteiger partial charge in [0.1, 0.15) is 5.75 Å². The van der Waals surface area contributed by atoms with Gasteiger partial charge < -0.3 is 10.1 Å². The number of nitrogens with zero attached hydrogens (tertiary/aromatic N) is 1. The summed E-state index contributed by atoms with van der Waals surface area (Å²) in [5.41, 5.74) is 0.715. The van der Waals surface area contributed by atoms with Gasteiger partial charge in [-0.25, -0.2) is 0 Å². The molecule has 2 rings (SSSR count). The van der Waals surface area contributed by atoms with Gasteiger partial charge in [0.05, 0.1) is 11.0 Å². The van der Waals surface area contributed by atoms with Gasteiger partial charge >= 0.3 is 0 Å². The van der Waals surface area contributed by atoms with Crippen molar-refractivity contribution in [1.82, 2.24) is 0 Å². The zero-order valence-corrected chi connectivity index (χ0v) is 13.0. The number of nitro benzene ring substituents is 1. The lowest BCUT2D eigenvalue weighted by molar-refractivity contribution is -0.384. The maximum absolute atomic E-state index is 12.1. The number of carbonyl (C=O) groups is 1. The van der Waals surface area contributed by atoms with Gasteiger partial charge in [0.2, 0.25) is 0 Å². The van der Waals surface area contributed by atoms with Crippen LogP contribution in [0, 0.1) is 10.1 Å². The van der Waals surface area contributed by atoms with Gasteiger partial charge in [0.25, 0.3) is 11.6 Å². The molecule has 0 spiro atoms. The van der Waals surface area contributed by atoms with Crippen LogP contribution in [-0.4, -0.2) is 16.9 Å². The number of nitrogens with one attached hydrogen (secondary N) is 1. The largest absolute Gasteiger partial charge is 0.491 e. The molecule has 0 bridgehead atoms. The van der Waals surface area contributed by atoms with E-state index in [0.717, 1.165) is 12.2 Å². The van der Waals surface area contributed by atoms with Crippen LogP contribution in [-0.2, 0) is 0 Å². The second-order valence-electron chi connectivity index (χ2n) is 5.12. The molecular formula is C17H18N2O4. The number of nitro groups is 1. The van der Waals surface area contributed by atoms with E-state index in [1.807, 2.05) is 13.8 Å². The summed E-state index contributed by atoms with van der Waals surface area (Å²) < 4.78 is 5.66. The van der Waals surface area contributed by atoms with Gasteiger partial charge in [0, 0.05) is 23.4 Å². The van der Waals surface area contributed by atoms with Gasteiger partial charge in [-0.05, 0) is 43.7 Å². The third-order valence-corrected chi connectivity index (χ3v) is 3.34.